The second-order valence-electron chi connectivity index (χ2n) is 6.36. The Labute approximate surface area is 151 Å². The van der Waals surface area contributed by atoms with E-state index in [9.17, 15) is 9.59 Å². The van der Waals surface area contributed by atoms with Gasteiger partial charge in [0, 0.05) is 24.2 Å². The van der Waals surface area contributed by atoms with Crippen molar-refractivity contribution in [1.29, 1.82) is 0 Å². The molecule has 6 heteroatoms. The zero-order valence-corrected chi connectivity index (χ0v) is 14.6. The highest BCUT2D eigenvalue weighted by atomic mass is 16.2. The minimum Gasteiger partial charge on any atom is -0.327 e. The Balaban J connectivity index is 1.62. The average Bonchev–Trinajstić information content (AvgIpc) is 3.30. The van der Waals surface area contributed by atoms with E-state index in [0.717, 1.165) is 11.1 Å². The minimum absolute atomic E-state index is 0.0248. The second-order valence-corrected chi connectivity index (χ2v) is 6.36. The maximum absolute atomic E-state index is 13.2. The average molecular weight is 348 g/mol. The van der Waals surface area contributed by atoms with Crippen LogP contribution in [0.25, 0.3) is 10.9 Å². The number of fused-ring (bicyclic) bond motifs is 1. The number of H-pyrrole nitrogens is 1. The number of aromatic amines is 1. The van der Waals surface area contributed by atoms with Gasteiger partial charge in [0.1, 0.15) is 6.04 Å². The van der Waals surface area contributed by atoms with E-state index >= 15 is 0 Å². The molecule has 26 heavy (non-hydrogen) atoms. The molecular weight excluding hydrogens is 328 g/mol. The van der Waals surface area contributed by atoms with E-state index in [1.807, 2.05) is 49.4 Å². The molecule has 1 N–H and O–H groups in total. The van der Waals surface area contributed by atoms with E-state index < -0.39 is 6.04 Å². The fourth-order valence-corrected chi connectivity index (χ4v) is 3.63. The topological polar surface area (TPSA) is 69.3 Å². The summed E-state index contributed by atoms with van der Waals surface area (Å²) in [6.07, 6.45) is 2.33. The molecule has 2 amide bonds. The number of benzene rings is 2. The zero-order valence-electron chi connectivity index (χ0n) is 14.6. The first-order valence-corrected chi connectivity index (χ1v) is 8.80. The summed E-state index contributed by atoms with van der Waals surface area (Å²) in [7, 11) is 0. The summed E-state index contributed by atoms with van der Waals surface area (Å²) < 4.78 is 0. The fraction of sp³-hybridized carbons (Fsp3) is 0.250. The van der Waals surface area contributed by atoms with Crippen LogP contribution in [0.3, 0.4) is 0 Å². The fourth-order valence-electron chi connectivity index (χ4n) is 3.63. The Hall–Kier alpha value is -3.15. The summed E-state index contributed by atoms with van der Waals surface area (Å²) in [6.45, 7) is 3.00. The minimum atomic E-state index is -0.439. The lowest BCUT2D eigenvalue weighted by molar-refractivity contribution is -0.120. The number of carbonyl (C=O) groups excluding carboxylic acids is 2. The number of anilines is 1. The predicted molar refractivity (Wildman–Crippen MR) is 100 cm³/mol. The van der Waals surface area contributed by atoms with Crippen LogP contribution in [0.15, 0.2) is 54.7 Å². The van der Waals surface area contributed by atoms with Crippen LogP contribution >= 0.6 is 0 Å². The smallest absolute Gasteiger partial charge is 0.256 e. The molecule has 1 aliphatic rings. The van der Waals surface area contributed by atoms with Gasteiger partial charge in [-0.3, -0.25) is 14.7 Å². The van der Waals surface area contributed by atoms with Crippen LogP contribution in [0, 0.1) is 0 Å². The van der Waals surface area contributed by atoms with Crippen LogP contribution in [0.2, 0.25) is 0 Å². The number of likely N-dealkylation sites (N-methyl/N-ethyl adjacent to an activating group) is 1. The Morgan fingerprint density at radius 3 is 2.81 bits per heavy atom. The van der Waals surface area contributed by atoms with Gasteiger partial charge in [0.2, 0.25) is 5.91 Å². The molecule has 1 unspecified atom stereocenters. The van der Waals surface area contributed by atoms with Gasteiger partial charge in [0.05, 0.1) is 17.3 Å². The molecule has 2 heterocycles. The van der Waals surface area contributed by atoms with E-state index in [1.165, 1.54) is 0 Å². The molecule has 132 valence electrons. The lowest BCUT2D eigenvalue weighted by atomic mass is 10.1. The number of amides is 2. The Kier molecular flexibility index (Phi) is 4.16. The maximum atomic E-state index is 13.2. The number of hydrogen-bond donors (Lipinski definition) is 1. The zero-order chi connectivity index (χ0) is 18.1. The van der Waals surface area contributed by atoms with Crippen molar-refractivity contribution in [2.75, 3.05) is 18.0 Å². The van der Waals surface area contributed by atoms with Gasteiger partial charge in [0.15, 0.2) is 0 Å². The molecule has 0 radical (unpaired) electrons. The third-order valence-corrected chi connectivity index (χ3v) is 4.93. The van der Waals surface area contributed by atoms with Crippen molar-refractivity contribution in [2.45, 2.75) is 19.4 Å². The van der Waals surface area contributed by atoms with E-state index in [-0.39, 0.29) is 11.8 Å². The Morgan fingerprint density at radius 2 is 2.04 bits per heavy atom. The molecule has 3 aromatic rings. The molecule has 2 aromatic carbocycles. The largest absolute Gasteiger partial charge is 0.327 e. The van der Waals surface area contributed by atoms with E-state index in [1.54, 1.807) is 22.1 Å². The second kappa shape index (κ2) is 6.63. The lowest BCUT2D eigenvalue weighted by Gasteiger charge is -2.27. The van der Waals surface area contributed by atoms with Crippen LogP contribution in [0.4, 0.5) is 5.69 Å². The van der Waals surface area contributed by atoms with Crippen LogP contribution in [0.1, 0.15) is 23.7 Å². The molecule has 0 bridgehead atoms. The number of aromatic nitrogens is 2. The number of para-hydroxylation sites is 2. The summed E-state index contributed by atoms with van der Waals surface area (Å²) in [5, 5.41) is 7.80. The highest BCUT2D eigenvalue weighted by Crippen LogP contribution is 2.26. The van der Waals surface area contributed by atoms with Crippen LogP contribution in [0.5, 0.6) is 0 Å². The Morgan fingerprint density at radius 1 is 1.23 bits per heavy atom. The van der Waals surface area contributed by atoms with Gasteiger partial charge in [-0.25, -0.2) is 0 Å². The van der Waals surface area contributed by atoms with E-state index in [2.05, 4.69) is 10.2 Å². The molecule has 1 aromatic heterocycles. The van der Waals surface area contributed by atoms with Crippen LogP contribution in [-0.4, -0.2) is 46.0 Å². The van der Waals surface area contributed by atoms with Crippen LogP contribution < -0.4 is 4.90 Å². The summed E-state index contributed by atoms with van der Waals surface area (Å²) in [6, 6.07) is 14.7. The van der Waals surface area contributed by atoms with Crippen molar-refractivity contribution in [2.24, 2.45) is 0 Å². The standard InChI is InChI=1S/C20H20N4O2/c1-2-23(19(25)16-10-6-7-14-13-21-22-18(14)16)17-11-12-24(20(17)26)15-8-4-3-5-9-15/h3-10,13,17H,2,11-12H2,1H3,(H,21,22). The number of hydrogen-bond acceptors (Lipinski definition) is 3. The maximum Gasteiger partial charge on any atom is 0.256 e. The van der Waals surface area contributed by atoms with Crippen molar-refractivity contribution >= 4 is 28.4 Å². The molecule has 0 aliphatic carbocycles. The summed E-state index contributed by atoms with van der Waals surface area (Å²) in [4.78, 5) is 29.6. The van der Waals surface area contributed by atoms with Crippen LogP contribution in [-0.2, 0) is 4.79 Å². The first kappa shape index (κ1) is 16.3. The van der Waals surface area contributed by atoms with Crippen molar-refractivity contribution in [3.8, 4) is 0 Å². The molecule has 0 saturated carbocycles. The van der Waals surface area contributed by atoms with Gasteiger partial charge in [-0.05, 0) is 31.5 Å². The predicted octanol–water partition coefficient (Wildman–Crippen LogP) is 2.83. The number of carbonyl (C=O) groups is 2. The third kappa shape index (κ3) is 2.63. The summed E-state index contributed by atoms with van der Waals surface area (Å²) >= 11 is 0. The van der Waals surface area contributed by atoms with Gasteiger partial charge in [-0.2, -0.15) is 5.10 Å². The molecule has 6 nitrogen and oxygen atoms in total. The third-order valence-electron chi connectivity index (χ3n) is 4.93. The van der Waals surface area contributed by atoms with Crippen molar-refractivity contribution < 1.29 is 9.59 Å². The summed E-state index contributed by atoms with van der Waals surface area (Å²) in [5.41, 5.74) is 2.13. The van der Waals surface area contributed by atoms with E-state index in [4.69, 9.17) is 0 Å². The van der Waals surface area contributed by atoms with Gasteiger partial charge < -0.3 is 9.80 Å². The highest BCUT2D eigenvalue weighted by Gasteiger charge is 2.38. The van der Waals surface area contributed by atoms with Crippen molar-refractivity contribution in [3.05, 3.63) is 60.3 Å². The van der Waals surface area contributed by atoms with Gasteiger partial charge in [0.25, 0.3) is 5.91 Å². The molecular formula is C20H20N4O2. The number of nitrogens with zero attached hydrogens (tertiary/aromatic N) is 3. The quantitative estimate of drug-likeness (QED) is 0.788. The normalized spacial score (nSPS) is 17.0. The van der Waals surface area contributed by atoms with Gasteiger partial charge >= 0.3 is 0 Å². The highest BCUT2D eigenvalue weighted by molar-refractivity contribution is 6.08. The van der Waals surface area contributed by atoms with Gasteiger partial charge in [-0.1, -0.05) is 30.3 Å². The first-order valence-electron chi connectivity index (χ1n) is 8.80. The molecule has 1 atom stereocenters. The number of rotatable bonds is 4. The molecule has 4 rings (SSSR count). The first-order chi connectivity index (χ1) is 12.7. The van der Waals surface area contributed by atoms with Crippen molar-refractivity contribution in [1.82, 2.24) is 15.1 Å². The SMILES string of the molecule is CCN(C(=O)c1cccc2cn[nH]c12)C1CCN(c2ccccc2)C1=O. The molecule has 1 aliphatic heterocycles. The van der Waals surface area contributed by atoms with Gasteiger partial charge in [-0.15, -0.1) is 0 Å². The van der Waals surface area contributed by atoms with E-state index in [0.29, 0.717) is 30.6 Å². The lowest BCUT2D eigenvalue weighted by Crippen LogP contribution is -2.45. The molecule has 1 saturated heterocycles. The number of nitrogens with one attached hydrogen (secondary N) is 1. The van der Waals surface area contributed by atoms with Crippen molar-refractivity contribution in [3.63, 3.8) is 0 Å². The molecule has 1 fully saturated rings. The Bertz CT molecular complexity index is 951. The molecule has 0 spiro atoms. The monoisotopic (exact) mass is 348 g/mol. The summed E-state index contributed by atoms with van der Waals surface area (Å²) in [5.74, 6) is -0.168.